The Morgan fingerprint density at radius 1 is 1.63 bits per heavy atom. The van der Waals surface area contributed by atoms with Crippen LogP contribution < -0.4 is 5.32 Å². The number of rotatable bonds is 6. The van der Waals surface area contributed by atoms with E-state index in [9.17, 15) is 4.79 Å². The molecule has 19 heavy (non-hydrogen) atoms. The molecule has 0 amide bonds. The molecular formula is C13H20N2O3S. The normalized spacial score (nSPS) is 18.5. The molecule has 1 saturated heterocycles. The summed E-state index contributed by atoms with van der Waals surface area (Å²) in [5, 5.41) is 4.06. The van der Waals surface area contributed by atoms with Gasteiger partial charge in [-0.2, -0.15) is 0 Å². The Morgan fingerprint density at radius 3 is 3.16 bits per heavy atom. The quantitative estimate of drug-likeness (QED) is 0.813. The van der Waals surface area contributed by atoms with Crippen molar-refractivity contribution < 1.29 is 14.3 Å². The van der Waals surface area contributed by atoms with Gasteiger partial charge in [0.2, 0.25) is 0 Å². The number of carbonyl (C=O) groups excluding carboxylic acids is 1. The Morgan fingerprint density at radius 2 is 2.47 bits per heavy atom. The second-order valence-electron chi connectivity index (χ2n) is 4.59. The monoisotopic (exact) mass is 284 g/mol. The van der Waals surface area contributed by atoms with Gasteiger partial charge in [-0.25, -0.2) is 9.78 Å². The average Bonchev–Trinajstić information content (AvgIpc) is 2.99. The van der Waals surface area contributed by atoms with E-state index in [1.165, 1.54) is 11.3 Å². The van der Waals surface area contributed by atoms with Gasteiger partial charge in [-0.05, 0) is 32.6 Å². The lowest BCUT2D eigenvalue weighted by Gasteiger charge is -2.07. The fourth-order valence-electron chi connectivity index (χ4n) is 2.06. The number of ether oxygens (including phenoxy) is 2. The number of carbonyl (C=O) groups is 1. The Bertz CT molecular complexity index is 428. The average molecular weight is 284 g/mol. The topological polar surface area (TPSA) is 60.5 Å². The lowest BCUT2D eigenvalue weighted by atomic mass is 10.1. The molecule has 1 fully saturated rings. The predicted molar refractivity (Wildman–Crippen MR) is 74.8 cm³/mol. The highest BCUT2D eigenvalue weighted by Crippen LogP contribution is 2.23. The molecule has 1 aromatic rings. The van der Waals surface area contributed by atoms with Crippen LogP contribution in [-0.4, -0.2) is 37.3 Å². The molecule has 0 spiro atoms. The van der Waals surface area contributed by atoms with Gasteiger partial charge in [0.1, 0.15) is 0 Å². The van der Waals surface area contributed by atoms with Crippen LogP contribution in [0.1, 0.15) is 35.1 Å². The standard InChI is InChI=1S/C13H20N2O3S/c1-3-18-12(16)11-9(2)19-13(15-11)14-6-4-10-5-7-17-8-10/h10H,3-8H2,1-2H3,(H,14,15). The van der Waals surface area contributed by atoms with E-state index >= 15 is 0 Å². The molecule has 2 rings (SSSR count). The van der Waals surface area contributed by atoms with Crippen molar-refractivity contribution >= 4 is 22.4 Å². The first kappa shape index (κ1) is 14.3. The number of nitrogens with one attached hydrogen (secondary N) is 1. The molecule has 2 heterocycles. The van der Waals surface area contributed by atoms with Gasteiger partial charge >= 0.3 is 5.97 Å². The summed E-state index contributed by atoms with van der Waals surface area (Å²) in [6.07, 6.45) is 2.22. The zero-order valence-corrected chi connectivity index (χ0v) is 12.2. The van der Waals surface area contributed by atoms with E-state index in [1.807, 2.05) is 6.92 Å². The number of nitrogens with zero attached hydrogens (tertiary/aromatic N) is 1. The van der Waals surface area contributed by atoms with Crippen LogP contribution in [0.15, 0.2) is 0 Å². The third-order valence-electron chi connectivity index (χ3n) is 3.12. The molecule has 0 aliphatic carbocycles. The maximum Gasteiger partial charge on any atom is 0.358 e. The Hall–Kier alpha value is -1.14. The lowest BCUT2D eigenvalue weighted by molar-refractivity contribution is 0.0519. The molecule has 1 N–H and O–H groups in total. The van der Waals surface area contributed by atoms with Crippen molar-refractivity contribution in [1.29, 1.82) is 0 Å². The van der Waals surface area contributed by atoms with E-state index in [-0.39, 0.29) is 5.97 Å². The van der Waals surface area contributed by atoms with Crippen LogP contribution in [0.5, 0.6) is 0 Å². The summed E-state index contributed by atoms with van der Waals surface area (Å²) in [7, 11) is 0. The summed E-state index contributed by atoms with van der Waals surface area (Å²) in [5.41, 5.74) is 0.429. The zero-order chi connectivity index (χ0) is 13.7. The lowest BCUT2D eigenvalue weighted by Crippen LogP contribution is -2.10. The molecule has 1 unspecified atom stereocenters. The molecule has 6 heteroatoms. The molecule has 0 aromatic carbocycles. The molecular weight excluding hydrogens is 264 g/mol. The summed E-state index contributed by atoms with van der Waals surface area (Å²) in [5.74, 6) is 0.312. The highest BCUT2D eigenvalue weighted by molar-refractivity contribution is 7.15. The van der Waals surface area contributed by atoms with Crippen molar-refractivity contribution in [3.8, 4) is 0 Å². The molecule has 1 atom stereocenters. The Kier molecular flexibility index (Phi) is 5.15. The molecule has 5 nitrogen and oxygen atoms in total. The van der Waals surface area contributed by atoms with Crippen LogP contribution in [0.2, 0.25) is 0 Å². The maximum absolute atomic E-state index is 11.6. The van der Waals surface area contributed by atoms with Crippen molar-refractivity contribution in [3.63, 3.8) is 0 Å². The third kappa shape index (κ3) is 3.91. The summed E-state index contributed by atoms with van der Waals surface area (Å²) < 4.78 is 10.3. The van der Waals surface area contributed by atoms with Crippen LogP contribution in [0, 0.1) is 12.8 Å². The molecule has 1 aromatic heterocycles. The van der Waals surface area contributed by atoms with Crippen LogP contribution in [-0.2, 0) is 9.47 Å². The maximum atomic E-state index is 11.6. The minimum Gasteiger partial charge on any atom is -0.461 e. The summed E-state index contributed by atoms with van der Waals surface area (Å²) in [4.78, 5) is 16.8. The van der Waals surface area contributed by atoms with E-state index in [4.69, 9.17) is 9.47 Å². The third-order valence-corrected chi connectivity index (χ3v) is 4.05. The Balaban J connectivity index is 1.83. The number of hydrogen-bond acceptors (Lipinski definition) is 6. The zero-order valence-electron chi connectivity index (χ0n) is 11.4. The van der Waals surface area contributed by atoms with Crippen molar-refractivity contribution in [2.24, 2.45) is 5.92 Å². The van der Waals surface area contributed by atoms with Gasteiger partial charge in [-0.3, -0.25) is 0 Å². The van der Waals surface area contributed by atoms with Gasteiger partial charge in [-0.1, -0.05) is 0 Å². The number of hydrogen-bond donors (Lipinski definition) is 1. The van der Waals surface area contributed by atoms with Gasteiger partial charge in [-0.15, -0.1) is 11.3 Å². The van der Waals surface area contributed by atoms with Gasteiger partial charge in [0, 0.05) is 24.6 Å². The van der Waals surface area contributed by atoms with E-state index in [0.29, 0.717) is 18.2 Å². The Labute approximate surface area is 117 Å². The first-order chi connectivity index (χ1) is 9.20. The number of aromatic nitrogens is 1. The fourth-order valence-corrected chi connectivity index (χ4v) is 2.88. The van der Waals surface area contributed by atoms with Gasteiger partial charge in [0.15, 0.2) is 10.8 Å². The van der Waals surface area contributed by atoms with E-state index in [0.717, 1.165) is 42.6 Å². The van der Waals surface area contributed by atoms with Crippen molar-refractivity contribution in [2.45, 2.75) is 26.7 Å². The molecule has 106 valence electrons. The van der Waals surface area contributed by atoms with Gasteiger partial charge in [0.05, 0.1) is 6.61 Å². The van der Waals surface area contributed by atoms with Crippen molar-refractivity contribution in [3.05, 3.63) is 10.6 Å². The number of aryl methyl sites for hydroxylation is 1. The SMILES string of the molecule is CCOC(=O)c1nc(NCCC2CCOC2)sc1C. The molecule has 0 saturated carbocycles. The summed E-state index contributed by atoms with van der Waals surface area (Å²) >= 11 is 1.50. The molecule has 1 aliphatic heterocycles. The molecule has 0 radical (unpaired) electrons. The number of anilines is 1. The first-order valence-corrected chi connectivity index (χ1v) is 7.48. The summed E-state index contributed by atoms with van der Waals surface area (Å²) in [6.45, 7) is 6.67. The first-order valence-electron chi connectivity index (χ1n) is 6.67. The minimum absolute atomic E-state index is 0.339. The number of esters is 1. The largest absolute Gasteiger partial charge is 0.461 e. The molecule has 1 aliphatic rings. The van der Waals surface area contributed by atoms with Gasteiger partial charge in [0.25, 0.3) is 0 Å². The van der Waals surface area contributed by atoms with Crippen LogP contribution in [0.4, 0.5) is 5.13 Å². The smallest absolute Gasteiger partial charge is 0.358 e. The van der Waals surface area contributed by atoms with E-state index in [1.54, 1.807) is 6.92 Å². The minimum atomic E-state index is -0.339. The number of thiazole rings is 1. The fraction of sp³-hybridized carbons (Fsp3) is 0.692. The van der Waals surface area contributed by atoms with Crippen LogP contribution >= 0.6 is 11.3 Å². The second kappa shape index (κ2) is 6.86. The van der Waals surface area contributed by atoms with Crippen LogP contribution in [0.25, 0.3) is 0 Å². The van der Waals surface area contributed by atoms with E-state index in [2.05, 4.69) is 10.3 Å². The van der Waals surface area contributed by atoms with Crippen LogP contribution in [0.3, 0.4) is 0 Å². The van der Waals surface area contributed by atoms with Gasteiger partial charge < -0.3 is 14.8 Å². The van der Waals surface area contributed by atoms with Crippen molar-refractivity contribution in [2.75, 3.05) is 31.7 Å². The second-order valence-corrected chi connectivity index (χ2v) is 5.79. The van der Waals surface area contributed by atoms with Crippen molar-refractivity contribution in [1.82, 2.24) is 4.98 Å². The van der Waals surface area contributed by atoms with E-state index < -0.39 is 0 Å². The highest BCUT2D eigenvalue weighted by Gasteiger charge is 2.17. The summed E-state index contributed by atoms with van der Waals surface area (Å²) in [6, 6.07) is 0. The molecule has 0 bridgehead atoms. The highest BCUT2D eigenvalue weighted by atomic mass is 32.1. The predicted octanol–water partition coefficient (Wildman–Crippen LogP) is 2.47.